The van der Waals surface area contributed by atoms with Gasteiger partial charge >= 0.3 is 0 Å². The molecule has 2 amide bonds. The van der Waals surface area contributed by atoms with Gasteiger partial charge in [0.25, 0.3) is 11.8 Å². The highest BCUT2D eigenvalue weighted by atomic mass is 19.1. The first-order valence-corrected chi connectivity index (χ1v) is 9.37. The van der Waals surface area contributed by atoms with Crippen molar-refractivity contribution in [1.82, 2.24) is 9.88 Å². The number of likely N-dealkylation sites (tertiary alicyclic amines) is 1. The molecule has 1 unspecified atom stereocenters. The van der Waals surface area contributed by atoms with Crippen molar-refractivity contribution >= 4 is 17.5 Å². The van der Waals surface area contributed by atoms with Crippen LogP contribution in [-0.2, 0) is 9.53 Å². The van der Waals surface area contributed by atoms with Gasteiger partial charge in [-0.1, -0.05) is 0 Å². The monoisotopic (exact) mass is 387 g/mol. The first-order chi connectivity index (χ1) is 13.5. The van der Waals surface area contributed by atoms with E-state index in [2.05, 4.69) is 4.98 Å². The molecule has 1 atom stereocenters. The minimum absolute atomic E-state index is 0.0213. The van der Waals surface area contributed by atoms with Gasteiger partial charge < -0.3 is 19.0 Å². The summed E-state index contributed by atoms with van der Waals surface area (Å²) < 4.78 is 24.5. The standard InChI is InChI=1S/C20H22FN3O4/c1-14-18(27-13-22-14)19(26)23-9-2-7-20(8-10-23)12-24(17(25)11-28-20)16-5-3-15(21)4-6-16/h3-6,13H,2,7-12H2,1H3. The van der Waals surface area contributed by atoms with E-state index < -0.39 is 5.60 Å². The zero-order valence-electron chi connectivity index (χ0n) is 15.7. The third kappa shape index (κ3) is 3.52. The maximum Gasteiger partial charge on any atom is 0.291 e. The Morgan fingerprint density at radius 1 is 1.21 bits per heavy atom. The SMILES string of the molecule is Cc1ncoc1C(=O)N1CCCC2(CC1)CN(c1ccc(F)cc1)C(=O)CO2. The maximum atomic E-state index is 13.2. The number of amides is 2. The van der Waals surface area contributed by atoms with Crippen LogP contribution in [0.1, 0.15) is 35.5 Å². The zero-order chi connectivity index (χ0) is 19.7. The van der Waals surface area contributed by atoms with E-state index in [1.165, 1.54) is 18.5 Å². The first kappa shape index (κ1) is 18.6. The van der Waals surface area contributed by atoms with Crippen LogP contribution in [0.25, 0.3) is 0 Å². The van der Waals surface area contributed by atoms with Crippen LogP contribution < -0.4 is 4.90 Å². The Hall–Kier alpha value is -2.74. The number of carbonyl (C=O) groups excluding carboxylic acids is 2. The predicted molar refractivity (Wildman–Crippen MR) is 98.4 cm³/mol. The molecule has 1 aromatic heterocycles. The Morgan fingerprint density at radius 3 is 2.71 bits per heavy atom. The van der Waals surface area contributed by atoms with Gasteiger partial charge in [-0.25, -0.2) is 9.37 Å². The third-order valence-electron chi connectivity index (χ3n) is 5.51. The lowest BCUT2D eigenvalue weighted by Gasteiger charge is -2.42. The van der Waals surface area contributed by atoms with Gasteiger partial charge in [-0.3, -0.25) is 9.59 Å². The lowest BCUT2D eigenvalue weighted by Crippen LogP contribution is -2.55. The lowest BCUT2D eigenvalue weighted by atomic mass is 9.92. The van der Waals surface area contributed by atoms with E-state index in [-0.39, 0.29) is 30.0 Å². The highest BCUT2D eigenvalue weighted by Gasteiger charge is 2.42. The molecule has 0 N–H and O–H groups in total. The van der Waals surface area contributed by atoms with Crippen LogP contribution in [-0.4, -0.2) is 53.5 Å². The Labute approximate surface area is 162 Å². The molecule has 148 valence electrons. The summed E-state index contributed by atoms with van der Waals surface area (Å²) in [7, 11) is 0. The van der Waals surface area contributed by atoms with Gasteiger partial charge in [0.1, 0.15) is 12.4 Å². The summed E-state index contributed by atoms with van der Waals surface area (Å²) >= 11 is 0. The molecule has 2 aliphatic rings. The van der Waals surface area contributed by atoms with Crippen molar-refractivity contribution in [3.05, 3.63) is 47.9 Å². The van der Waals surface area contributed by atoms with Crippen molar-refractivity contribution in [3.8, 4) is 0 Å². The number of halogens is 1. The van der Waals surface area contributed by atoms with E-state index >= 15 is 0 Å². The van der Waals surface area contributed by atoms with Crippen molar-refractivity contribution in [1.29, 1.82) is 0 Å². The predicted octanol–water partition coefficient (Wildman–Crippen LogP) is 2.55. The number of rotatable bonds is 2. The summed E-state index contributed by atoms with van der Waals surface area (Å²) in [5.74, 6) is -0.393. The quantitative estimate of drug-likeness (QED) is 0.792. The third-order valence-corrected chi connectivity index (χ3v) is 5.51. The molecule has 2 saturated heterocycles. The van der Waals surface area contributed by atoms with E-state index in [9.17, 15) is 14.0 Å². The number of ether oxygens (including phenoxy) is 1. The summed E-state index contributed by atoms with van der Waals surface area (Å²) in [6, 6.07) is 5.90. The molecule has 0 radical (unpaired) electrons. The number of anilines is 1. The van der Waals surface area contributed by atoms with Crippen molar-refractivity contribution in [3.63, 3.8) is 0 Å². The minimum atomic E-state index is -0.520. The number of benzene rings is 1. The average Bonchev–Trinajstić information content (AvgIpc) is 3.01. The molecule has 0 bridgehead atoms. The van der Waals surface area contributed by atoms with E-state index in [4.69, 9.17) is 9.15 Å². The fourth-order valence-corrected chi connectivity index (χ4v) is 3.89. The normalized spacial score (nSPS) is 23.1. The van der Waals surface area contributed by atoms with Crippen LogP contribution in [0.2, 0.25) is 0 Å². The summed E-state index contributed by atoms with van der Waals surface area (Å²) in [6.07, 6.45) is 3.37. The number of oxazole rings is 1. The van der Waals surface area contributed by atoms with Gasteiger partial charge in [-0.2, -0.15) is 0 Å². The van der Waals surface area contributed by atoms with Crippen LogP contribution >= 0.6 is 0 Å². The topological polar surface area (TPSA) is 75.9 Å². The van der Waals surface area contributed by atoms with Crippen LogP contribution in [0, 0.1) is 12.7 Å². The highest BCUT2D eigenvalue weighted by molar-refractivity contribution is 5.95. The van der Waals surface area contributed by atoms with E-state index in [0.717, 1.165) is 12.8 Å². The Bertz CT molecular complexity index is 882. The van der Waals surface area contributed by atoms with Crippen LogP contribution in [0.5, 0.6) is 0 Å². The van der Waals surface area contributed by atoms with Crippen LogP contribution in [0.3, 0.4) is 0 Å². The highest BCUT2D eigenvalue weighted by Crippen LogP contribution is 2.33. The fraction of sp³-hybridized carbons (Fsp3) is 0.450. The maximum absolute atomic E-state index is 13.2. The average molecular weight is 387 g/mol. The van der Waals surface area contributed by atoms with Crippen molar-refractivity contribution in [2.75, 3.05) is 31.1 Å². The number of hydrogen-bond acceptors (Lipinski definition) is 5. The molecule has 4 rings (SSSR count). The molecule has 7 nitrogen and oxygen atoms in total. The second-order valence-electron chi connectivity index (χ2n) is 7.34. The molecule has 3 heterocycles. The molecule has 2 aromatic rings. The lowest BCUT2D eigenvalue weighted by molar-refractivity contribution is -0.140. The van der Waals surface area contributed by atoms with Crippen molar-refractivity contribution in [2.24, 2.45) is 0 Å². The number of aryl methyl sites for hydroxylation is 1. The van der Waals surface area contributed by atoms with Gasteiger partial charge in [-0.05, 0) is 50.5 Å². The summed E-state index contributed by atoms with van der Waals surface area (Å²) in [6.45, 7) is 3.21. The summed E-state index contributed by atoms with van der Waals surface area (Å²) in [5, 5.41) is 0. The molecule has 28 heavy (non-hydrogen) atoms. The summed E-state index contributed by atoms with van der Waals surface area (Å²) in [5.41, 5.74) is 0.711. The number of carbonyl (C=O) groups is 2. The second kappa shape index (κ2) is 7.35. The zero-order valence-corrected chi connectivity index (χ0v) is 15.7. The molecule has 2 fully saturated rings. The van der Waals surface area contributed by atoms with Crippen molar-refractivity contribution in [2.45, 2.75) is 31.8 Å². The molecule has 1 aromatic carbocycles. The summed E-state index contributed by atoms with van der Waals surface area (Å²) in [4.78, 5) is 32.5. The Balaban J connectivity index is 1.49. The largest absolute Gasteiger partial charge is 0.438 e. The molecule has 2 aliphatic heterocycles. The van der Waals surface area contributed by atoms with Gasteiger partial charge in [0.15, 0.2) is 6.39 Å². The number of hydrogen-bond donors (Lipinski definition) is 0. The van der Waals surface area contributed by atoms with E-state index in [1.54, 1.807) is 28.9 Å². The number of morpholine rings is 1. The van der Waals surface area contributed by atoms with Gasteiger partial charge in [0, 0.05) is 18.8 Å². The molecule has 8 heteroatoms. The Morgan fingerprint density at radius 2 is 2.00 bits per heavy atom. The van der Waals surface area contributed by atoms with Gasteiger partial charge in [-0.15, -0.1) is 0 Å². The fourth-order valence-electron chi connectivity index (χ4n) is 3.89. The minimum Gasteiger partial charge on any atom is -0.438 e. The second-order valence-corrected chi connectivity index (χ2v) is 7.34. The van der Waals surface area contributed by atoms with Crippen molar-refractivity contribution < 1.29 is 23.1 Å². The van der Waals surface area contributed by atoms with E-state index in [0.29, 0.717) is 37.4 Å². The molecular weight excluding hydrogens is 365 g/mol. The van der Waals surface area contributed by atoms with Crippen LogP contribution in [0.4, 0.5) is 10.1 Å². The smallest absolute Gasteiger partial charge is 0.291 e. The first-order valence-electron chi connectivity index (χ1n) is 9.37. The van der Waals surface area contributed by atoms with E-state index in [1.807, 2.05) is 0 Å². The van der Waals surface area contributed by atoms with Crippen LogP contribution in [0.15, 0.2) is 35.1 Å². The molecule has 1 spiro atoms. The number of nitrogens with zero attached hydrogens (tertiary/aromatic N) is 3. The Kier molecular flexibility index (Phi) is 4.89. The molecular formula is C20H22FN3O4. The molecule has 0 saturated carbocycles. The molecule has 0 aliphatic carbocycles. The van der Waals surface area contributed by atoms with Gasteiger partial charge in [0.05, 0.1) is 17.8 Å². The van der Waals surface area contributed by atoms with Gasteiger partial charge in [0.2, 0.25) is 5.76 Å². The number of aromatic nitrogens is 1.